The molecule has 4 heteroatoms. The van der Waals surface area contributed by atoms with E-state index in [4.69, 9.17) is 0 Å². The van der Waals surface area contributed by atoms with Crippen LogP contribution in [0.4, 0.5) is 0 Å². The standard InChI is InChI=1S/C14H30N2.2HI/c1-15(2,3)8-5-9-16(4)11-13-6-7-14(10-13)12-16;;/h13-14H,5-12H2,1-4H3;2*1H/q+2;;/p-2. The van der Waals surface area contributed by atoms with Gasteiger partial charge in [0.1, 0.15) is 0 Å². The summed E-state index contributed by atoms with van der Waals surface area (Å²) in [4.78, 5) is 0. The minimum absolute atomic E-state index is 0. The van der Waals surface area contributed by atoms with Crippen molar-refractivity contribution in [3.63, 3.8) is 0 Å². The maximum absolute atomic E-state index is 2.50. The summed E-state index contributed by atoms with van der Waals surface area (Å²) in [6.07, 6.45) is 5.98. The molecule has 110 valence electrons. The van der Waals surface area contributed by atoms with Crippen LogP contribution in [0.15, 0.2) is 0 Å². The molecule has 2 atom stereocenters. The van der Waals surface area contributed by atoms with Crippen LogP contribution in [-0.4, -0.2) is 63.3 Å². The maximum atomic E-state index is 2.50. The highest BCUT2D eigenvalue weighted by molar-refractivity contribution is 4.79. The lowest BCUT2D eigenvalue weighted by Gasteiger charge is -2.41. The molecule has 1 aliphatic carbocycles. The molecule has 1 aliphatic heterocycles. The van der Waals surface area contributed by atoms with E-state index in [1.54, 1.807) is 6.42 Å². The van der Waals surface area contributed by atoms with Crippen LogP contribution in [0.3, 0.4) is 0 Å². The van der Waals surface area contributed by atoms with Crippen molar-refractivity contribution in [2.75, 3.05) is 54.4 Å². The zero-order chi connectivity index (χ0) is 11.8. The molecule has 0 aromatic rings. The van der Waals surface area contributed by atoms with Crippen LogP contribution in [-0.2, 0) is 0 Å². The van der Waals surface area contributed by atoms with Crippen molar-refractivity contribution in [2.45, 2.75) is 25.7 Å². The number of hydrogen-bond donors (Lipinski definition) is 0. The first-order valence-corrected chi connectivity index (χ1v) is 7.00. The fourth-order valence-electron chi connectivity index (χ4n) is 3.94. The Morgan fingerprint density at radius 3 is 1.94 bits per heavy atom. The van der Waals surface area contributed by atoms with Crippen LogP contribution in [0.25, 0.3) is 0 Å². The lowest BCUT2D eigenvalue weighted by atomic mass is 9.96. The van der Waals surface area contributed by atoms with Gasteiger partial charge in [0, 0.05) is 18.3 Å². The van der Waals surface area contributed by atoms with Crippen molar-refractivity contribution in [2.24, 2.45) is 11.8 Å². The fourth-order valence-corrected chi connectivity index (χ4v) is 3.94. The zero-order valence-corrected chi connectivity index (χ0v) is 16.8. The summed E-state index contributed by atoms with van der Waals surface area (Å²) in [5.41, 5.74) is 0. The van der Waals surface area contributed by atoms with Crippen LogP contribution < -0.4 is 48.0 Å². The summed E-state index contributed by atoms with van der Waals surface area (Å²) in [6.45, 7) is 5.66. The first-order valence-electron chi connectivity index (χ1n) is 7.00. The highest BCUT2D eigenvalue weighted by Gasteiger charge is 2.40. The second kappa shape index (κ2) is 7.41. The minimum Gasteiger partial charge on any atom is -1.00 e. The number of hydrogen-bond acceptors (Lipinski definition) is 0. The Kier molecular flexibility index (Phi) is 7.97. The van der Waals surface area contributed by atoms with E-state index in [2.05, 4.69) is 28.2 Å². The van der Waals surface area contributed by atoms with Crippen LogP contribution in [0.1, 0.15) is 25.7 Å². The van der Waals surface area contributed by atoms with E-state index in [1.807, 2.05) is 0 Å². The van der Waals surface area contributed by atoms with E-state index >= 15 is 0 Å². The predicted octanol–water partition coefficient (Wildman–Crippen LogP) is -4.03. The third kappa shape index (κ3) is 5.79. The van der Waals surface area contributed by atoms with E-state index in [-0.39, 0.29) is 48.0 Å². The molecular weight excluding hydrogens is 450 g/mol. The third-order valence-corrected chi connectivity index (χ3v) is 4.57. The van der Waals surface area contributed by atoms with Crippen molar-refractivity contribution >= 4 is 0 Å². The van der Waals surface area contributed by atoms with Gasteiger partial charge in [-0.1, -0.05) is 0 Å². The molecule has 0 aromatic carbocycles. The first-order chi connectivity index (χ1) is 7.36. The van der Waals surface area contributed by atoms with Gasteiger partial charge in [-0.15, -0.1) is 0 Å². The number of rotatable bonds is 4. The highest BCUT2D eigenvalue weighted by atomic mass is 127. The quantitative estimate of drug-likeness (QED) is 0.284. The van der Waals surface area contributed by atoms with E-state index in [0.29, 0.717) is 0 Å². The average molecular weight is 480 g/mol. The molecular formula is C14H30I2N2. The van der Waals surface area contributed by atoms with Crippen molar-refractivity contribution in [3.05, 3.63) is 0 Å². The molecule has 2 nitrogen and oxygen atoms in total. The largest absolute Gasteiger partial charge is 1.00 e. The minimum atomic E-state index is 0. The maximum Gasteiger partial charge on any atom is 0.0839 e. The molecule has 0 aromatic heterocycles. The number of fused-ring (bicyclic) bond motifs is 2. The van der Waals surface area contributed by atoms with E-state index < -0.39 is 0 Å². The summed E-state index contributed by atoms with van der Waals surface area (Å²) in [7, 11) is 9.42. The van der Waals surface area contributed by atoms with Gasteiger partial charge in [0.25, 0.3) is 0 Å². The molecule has 1 saturated heterocycles. The molecule has 2 bridgehead atoms. The molecule has 0 radical (unpaired) electrons. The van der Waals surface area contributed by atoms with Crippen LogP contribution in [0.5, 0.6) is 0 Å². The molecule has 0 amide bonds. The summed E-state index contributed by atoms with van der Waals surface area (Å²) in [6, 6.07) is 0. The topological polar surface area (TPSA) is 0 Å². The molecule has 2 fully saturated rings. The van der Waals surface area contributed by atoms with Gasteiger partial charge in [-0.3, -0.25) is 0 Å². The van der Waals surface area contributed by atoms with Crippen molar-refractivity contribution in [3.8, 4) is 0 Å². The van der Waals surface area contributed by atoms with Gasteiger partial charge in [-0.25, -0.2) is 0 Å². The summed E-state index contributed by atoms with van der Waals surface area (Å²) in [5.74, 6) is 2.13. The molecule has 0 N–H and O–H groups in total. The number of nitrogens with zero attached hydrogens (tertiary/aromatic N) is 2. The molecule has 0 spiro atoms. The summed E-state index contributed by atoms with van der Waals surface area (Å²) >= 11 is 0. The zero-order valence-electron chi connectivity index (χ0n) is 12.5. The van der Waals surface area contributed by atoms with Gasteiger partial charge < -0.3 is 56.9 Å². The number of piperidine rings is 1. The Morgan fingerprint density at radius 1 is 1.00 bits per heavy atom. The Labute approximate surface area is 148 Å². The number of likely N-dealkylation sites (tertiary alicyclic amines) is 1. The fraction of sp³-hybridized carbons (Fsp3) is 1.00. The second-order valence-electron chi connectivity index (χ2n) is 7.62. The second-order valence-corrected chi connectivity index (χ2v) is 7.62. The van der Waals surface area contributed by atoms with Crippen LogP contribution >= 0.6 is 0 Å². The van der Waals surface area contributed by atoms with E-state index in [9.17, 15) is 0 Å². The predicted molar refractivity (Wildman–Crippen MR) is 69.1 cm³/mol. The Morgan fingerprint density at radius 2 is 1.50 bits per heavy atom. The smallest absolute Gasteiger partial charge is 0.0839 e. The van der Waals surface area contributed by atoms with Crippen LogP contribution in [0.2, 0.25) is 0 Å². The van der Waals surface area contributed by atoms with E-state index in [1.165, 1.54) is 49.9 Å². The Hall–Kier alpha value is 1.38. The molecule has 18 heavy (non-hydrogen) atoms. The normalized spacial score (nSPS) is 34.7. The van der Waals surface area contributed by atoms with Gasteiger partial charge >= 0.3 is 0 Å². The van der Waals surface area contributed by atoms with Gasteiger partial charge in [0.2, 0.25) is 0 Å². The molecule has 2 unspecified atom stereocenters. The van der Waals surface area contributed by atoms with Gasteiger partial charge in [-0.05, 0) is 19.3 Å². The number of quaternary nitrogens is 2. The van der Waals surface area contributed by atoms with Gasteiger partial charge in [0.15, 0.2) is 0 Å². The SMILES string of the molecule is C[N+](C)(C)CCC[N+]1(C)CC2CCC(C2)C1.[I-].[I-]. The van der Waals surface area contributed by atoms with Crippen molar-refractivity contribution in [1.82, 2.24) is 0 Å². The van der Waals surface area contributed by atoms with Crippen molar-refractivity contribution in [1.29, 1.82) is 0 Å². The average Bonchev–Trinajstić information content (AvgIpc) is 2.43. The van der Waals surface area contributed by atoms with Gasteiger partial charge in [-0.2, -0.15) is 0 Å². The van der Waals surface area contributed by atoms with E-state index in [0.717, 1.165) is 16.3 Å². The lowest BCUT2D eigenvalue weighted by Crippen LogP contribution is -3.00. The third-order valence-electron chi connectivity index (χ3n) is 4.57. The molecule has 1 saturated carbocycles. The summed E-state index contributed by atoms with van der Waals surface area (Å²) in [5, 5.41) is 0. The number of halogens is 2. The Bertz CT molecular complexity index is 239. The van der Waals surface area contributed by atoms with Crippen molar-refractivity contribution < 1.29 is 56.9 Å². The highest BCUT2D eigenvalue weighted by Crippen LogP contribution is 2.38. The first kappa shape index (κ1) is 19.4. The molecule has 1 heterocycles. The molecule has 2 aliphatic rings. The summed E-state index contributed by atoms with van der Waals surface area (Å²) < 4.78 is 2.49. The Balaban J connectivity index is 0.00000144. The lowest BCUT2D eigenvalue weighted by molar-refractivity contribution is -0.925. The van der Waals surface area contributed by atoms with Gasteiger partial charge in [0.05, 0.1) is 54.4 Å². The molecule has 2 rings (SSSR count). The monoisotopic (exact) mass is 480 g/mol. The van der Waals surface area contributed by atoms with Crippen LogP contribution in [0, 0.1) is 11.8 Å².